The average molecular weight is 281 g/mol. The third kappa shape index (κ3) is 3.02. The minimum absolute atomic E-state index is 0.452. The van der Waals surface area contributed by atoms with Crippen molar-refractivity contribution in [3.05, 3.63) is 66.4 Å². The molecule has 0 bridgehead atoms. The highest BCUT2D eigenvalue weighted by molar-refractivity contribution is 5.77. The molecule has 1 heterocycles. The average Bonchev–Trinajstić information content (AvgIpc) is 2.90. The maximum atomic E-state index is 12.0. The normalized spacial score (nSPS) is 10.5. The molecule has 0 radical (unpaired) electrons. The number of benzene rings is 2. The van der Waals surface area contributed by atoms with Gasteiger partial charge in [0.25, 0.3) is 0 Å². The summed E-state index contributed by atoms with van der Waals surface area (Å²) in [5.41, 5.74) is 1.83. The molecule has 0 aliphatic heterocycles. The number of nitrogens with zero attached hydrogens (tertiary/aromatic N) is 3. The third-order valence-electron chi connectivity index (χ3n) is 3.14. The lowest BCUT2D eigenvalue weighted by molar-refractivity contribution is 0.0848. The first kappa shape index (κ1) is 13.2. The number of aromatic nitrogens is 2. The molecule has 5 heteroatoms. The predicted octanol–water partition coefficient (Wildman–Crippen LogP) is 2.72. The van der Waals surface area contributed by atoms with Crippen LogP contribution >= 0.6 is 0 Å². The van der Waals surface area contributed by atoms with Crippen LogP contribution in [0.25, 0.3) is 10.9 Å². The zero-order valence-electron chi connectivity index (χ0n) is 11.6. The molecule has 0 saturated carbocycles. The van der Waals surface area contributed by atoms with Crippen molar-refractivity contribution in [2.45, 2.75) is 6.54 Å². The maximum Gasteiger partial charge on any atom is 0.435 e. The Labute approximate surface area is 122 Å². The minimum atomic E-state index is -0.452. The Balaban J connectivity index is 1.68. The van der Waals surface area contributed by atoms with Gasteiger partial charge in [0.15, 0.2) is 0 Å². The van der Waals surface area contributed by atoms with Crippen molar-refractivity contribution in [3.63, 3.8) is 0 Å². The fraction of sp³-hybridized carbons (Fsp3) is 0.125. The molecule has 3 aromatic rings. The van der Waals surface area contributed by atoms with Gasteiger partial charge < -0.3 is 4.90 Å². The number of fused-ring (bicyclic) bond motifs is 1. The Bertz CT molecular complexity index is 719. The van der Waals surface area contributed by atoms with Gasteiger partial charge in [0.1, 0.15) is 0 Å². The van der Waals surface area contributed by atoms with Crippen molar-refractivity contribution in [2.75, 3.05) is 7.05 Å². The Morgan fingerprint density at radius 3 is 2.62 bits per heavy atom. The highest BCUT2D eigenvalue weighted by atomic mass is 16.7. The van der Waals surface area contributed by atoms with E-state index in [0.717, 1.165) is 16.5 Å². The molecule has 21 heavy (non-hydrogen) atoms. The van der Waals surface area contributed by atoms with E-state index in [9.17, 15) is 4.79 Å². The lowest BCUT2D eigenvalue weighted by Gasteiger charge is -2.15. The lowest BCUT2D eigenvalue weighted by Crippen LogP contribution is -2.33. The number of rotatable bonds is 3. The molecule has 0 atom stereocenters. The Kier molecular flexibility index (Phi) is 3.55. The lowest BCUT2D eigenvalue weighted by atomic mass is 10.2. The maximum absolute atomic E-state index is 12.0. The third-order valence-corrected chi connectivity index (χ3v) is 3.14. The second-order valence-corrected chi connectivity index (χ2v) is 4.79. The number of carbonyl (C=O) groups is 1. The van der Waals surface area contributed by atoms with Crippen LogP contribution in [0.1, 0.15) is 5.56 Å². The second kappa shape index (κ2) is 5.66. The van der Waals surface area contributed by atoms with Crippen LogP contribution in [-0.2, 0) is 6.54 Å². The molecular formula is C16H15N3O2. The van der Waals surface area contributed by atoms with Gasteiger partial charge in [0.05, 0.1) is 11.7 Å². The van der Waals surface area contributed by atoms with Gasteiger partial charge >= 0.3 is 6.09 Å². The molecule has 2 aromatic carbocycles. The van der Waals surface area contributed by atoms with E-state index in [1.807, 2.05) is 54.6 Å². The Hall–Kier alpha value is -2.82. The summed E-state index contributed by atoms with van der Waals surface area (Å²) < 4.78 is 0. The summed E-state index contributed by atoms with van der Waals surface area (Å²) in [7, 11) is 1.69. The largest absolute Gasteiger partial charge is 0.435 e. The molecule has 106 valence electrons. The van der Waals surface area contributed by atoms with Crippen LogP contribution in [0.15, 0.2) is 60.8 Å². The summed E-state index contributed by atoms with van der Waals surface area (Å²) in [6.45, 7) is 0.487. The summed E-state index contributed by atoms with van der Waals surface area (Å²) in [5.74, 6) is 0. The van der Waals surface area contributed by atoms with Crippen molar-refractivity contribution in [3.8, 4) is 0 Å². The highest BCUT2D eigenvalue weighted by Crippen LogP contribution is 2.10. The molecule has 0 spiro atoms. The van der Waals surface area contributed by atoms with E-state index >= 15 is 0 Å². The van der Waals surface area contributed by atoms with E-state index in [1.54, 1.807) is 13.2 Å². The molecule has 0 unspecified atom stereocenters. The molecule has 0 N–H and O–H groups in total. The molecule has 1 aromatic heterocycles. The van der Waals surface area contributed by atoms with Gasteiger partial charge in [-0.25, -0.2) is 4.79 Å². The fourth-order valence-electron chi connectivity index (χ4n) is 2.06. The first-order chi connectivity index (χ1) is 10.2. The van der Waals surface area contributed by atoms with Crippen molar-refractivity contribution in [1.29, 1.82) is 0 Å². The van der Waals surface area contributed by atoms with E-state index < -0.39 is 6.09 Å². The Morgan fingerprint density at radius 1 is 1.14 bits per heavy atom. The van der Waals surface area contributed by atoms with Crippen LogP contribution < -0.4 is 4.84 Å². The quantitative estimate of drug-likeness (QED) is 0.741. The van der Waals surface area contributed by atoms with Crippen molar-refractivity contribution >= 4 is 17.0 Å². The van der Waals surface area contributed by atoms with E-state index in [4.69, 9.17) is 4.84 Å². The van der Waals surface area contributed by atoms with Crippen molar-refractivity contribution in [2.24, 2.45) is 0 Å². The predicted molar refractivity (Wildman–Crippen MR) is 79.6 cm³/mol. The van der Waals surface area contributed by atoms with Crippen LogP contribution in [0, 0.1) is 0 Å². The van der Waals surface area contributed by atoms with Crippen LogP contribution in [0.5, 0.6) is 0 Å². The first-order valence-electron chi connectivity index (χ1n) is 6.64. The van der Waals surface area contributed by atoms with E-state index in [1.165, 1.54) is 9.75 Å². The number of hydrogen-bond donors (Lipinski definition) is 0. The van der Waals surface area contributed by atoms with E-state index in [-0.39, 0.29) is 0 Å². The van der Waals surface area contributed by atoms with Gasteiger partial charge in [0, 0.05) is 19.0 Å². The van der Waals surface area contributed by atoms with Gasteiger partial charge in [0.2, 0.25) is 0 Å². The molecule has 0 aliphatic rings. The monoisotopic (exact) mass is 281 g/mol. The topological polar surface area (TPSA) is 47.4 Å². The summed E-state index contributed by atoms with van der Waals surface area (Å²) in [6.07, 6.45) is 1.23. The number of carbonyl (C=O) groups excluding carboxylic acids is 1. The van der Waals surface area contributed by atoms with E-state index in [2.05, 4.69) is 5.10 Å². The van der Waals surface area contributed by atoms with Crippen LogP contribution in [-0.4, -0.2) is 28.0 Å². The molecule has 1 amide bonds. The number of hydrogen-bond acceptors (Lipinski definition) is 3. The SMILES string of the molecule is CN(Cc1ccccc1)C(=O)On1cc2ccccc2n1. The molecular weight excluding hydrogens is 266 g/mol. The molecule has 0 fully saturated rings. The summed E-state index contributed by atoms with van der Waals surface area (Å²) in [5, 5.41) is 5.12. The van der Waals surface area contributed by atoms with Crippen LogP contribution in [0.2, 0.25) is 0 Å². The fourth-order valence-corrected chi connectivity index (χ4v) is 2.06. The van der Waals surface area contributed by atoms with E-state index in [0.29, 0.717) is 6.54 Å². The van der Waals surface area contributed by atoms with Gasteiger partial charge in [-0.2, -0.15) is 0 Å². The molecule has 5 nitrogen and oxygen atoms in total. The zero-order chi connectivity index (χ0) is 14.7. The van der Waals surface area contributed by atoms with Gasteiger partial charge in [-0.15, -0.1) is 5.10 Å². The molecule has 3 rings (SSSR count). The van der Waals surface area contributed by atoms with Gasteiger partial charge in [-0.1, -0.05) is 53.4 Å². The minimum Gasteiger partial charge on any atom is -0.305 e. The summed E-state index contributed by atoms with van der Waals surface area (Å²) in [4.78, 5) is 20.0. The van der Waals surface area contributed by atoms with Crippen molar-refractivity contribution < 1.29 is 9.63 Å². The molecule has 0 saturated heterocycles. The Morgan fingerprint density at radius 2 is 1.86 bits per heavy atom. The summed E-state index contributed by atoms with van der Waals surface area (Å²) >= 11 is 0. The number of amides is 1. The van der Waals surface area contributed by atoms with Crippen LogP contribution in [0.3, 0.4) is 0 Å². The van der Waals surface area contributed by atoms with Gasteiger partial charge in [-0.05, 0) is 11.6 Å². The van der Waals surface area contributed by atoms with Crippen LogP contribution in [0.4, 0.5) is 4.79 Å². The molecule has 0 aliphatic carbocycles. The zero-order valence-corrected chi connectivity index (χ0v) is 11.6. The van der Waals surface area contributed by atoms with Gasteiger partial charge in [-0.3, -0.25) is 4.84 Å². The smallest absolute Gasteiger partial charge is 0.305 e. The summed E-state index contributed by atoms with van der Waals surface area (Å²) in [6, 6.07) is 17.3. The highest BCUT2D eigenvalue weighted by Gasteiger charge is 2.12. The second-order valence-electron chi connectivity index (χ2n) is 4.79. The first-order valence-corrected chi connectivity index (χ1v) is 6.64. The van der Waals surface area contributed by atoms with Crippen molar-refractivity contribution in [1.82, 2.24) is 14.8 Å². The standard InChI is InChI=1S/C16H15N3O2/c1-18(11-13-7-3-2-4-8-13)16(20)21-19-12-14-9-5-6-10-15(14)17-19/h2-10,12H,11H2,1H3.